The molecule has 1 atom stereocenters. The summed E-state index contributed by atoms with van der Waals surface area (Å²) >= 11 is 6.95. The van der Waals surface area contributed by atoms with Gasteiger partial charge in [0.05, 0.1) is 27.7 Å². The SMILES string of the molecule is CC(COc1ccccc1)NS(=O)(=O)c1ccc2c(c1)sc(=O)n2Cc1ccc(Cl)cc1. The number of fused-ring (bicyclic) bond motifs is 1. The number of benzene rings is 3. The van der Waals surface area contributed by atoms with Crippen molar-refractivity contribution in [1.82, 2.24) is 9.29 Å². The summed E-state index contributed by atoms with van der Waals surface area (Å²) in [6, 6.07) is 20.8. The van der Waals surface area contributed by atoms with Gasteiger partial charge in [0.15, 0.2) is 0 Å². The number of thiazole rings is 1. The Labute approximate surface area is 195 Å². The van der Waals surface area contributed by atoms with Crippen LogP contribution in [0.25, 0.3) is 10.2 Å². The minimum Gasteiger partial charge on any atom is -0.492 e. The summed E-state index contributed by atoms with van der Waals surface area (Å²) < 4.78 is 36.2. The van der Waals surface area contributed by atoms with Crippen LogP contribution in [0, 0.1) is 0 Å². The molecule has 4 aromatic rings. The lowest BCUT2D eigenvalue weighted by molar-refractivity contribution is 0.287. The largest absolute Gasteiger partial charge is 0.492 e. The molecule has 32 heavy (non-hydrogen) atoms. The van der Waals surface area contributed by atoms with E-state index >= 15 is 0 Å². The second-order valence-electron chi connectivity index (χ2n) is 7.36. The summed E-state index contributed by atoms with van der Waals surface area (Å²) in [5, 5.41) is 0.627. The molecule has 0 radical (unpaired) electrons. The average molecular weight is 489 g/mol. The van der Waals surface area contributed by atoms with Gasteiger partial charge in [0.25, 0.3) is 0 Å². The van der Waals surface area contributed by atoms with Crippen LogP contribution in [0.2, 0.25) is 5.02 Å². The highest BCUT2D eigenvalue weighted by molar-refractivity contribution is 7.89. The number of para-hydroxylation sites is 1. The van der Waals surface area contributed by atoms with E-state index in [2.05, 4.69) is 4.72 Å². The molecule has 1 N–H and O–H groups in total. The second-order valence-corrected chi connectivity index (χ2v) is 10.5. The number of hydrogen-bond acceptors (Lipinski definition) is 5. The Morgan fingerprint density at radius 3 is 2.50 bits per heavy atom. The summed E-state index contributed by atoms with van der Waals surface area (Å²) in [6.07, 6.45) is 0. The molecule has 0 fully saturated rings. The van der Waals surface area contributed by atoms with E-state index in [0.29, 0.717) is 27.5 Å². The van der Waals surface area contributed by atoms with E-state index in [0.717, 1.165) is 16.9 Å². The highest BCUT2D eigenvalue weighted by atomic mass is 35.5. The van der Waals surface area contributed by atoms with E-state index in [4.69, 9.17) is 16.3 Å². The van der Waals surface area contributed by atoms with Crippen molar-refractivity contribution >= 4 is 43.2 Å². The molecule has 1 aromatic heterocycles. The van der Waals surface area contributed by atoms with Gasteiger partial charge in [-0.3, -0.25) is 9.36 Å². The Morgan fingerprint density at radius 1 is 1.06 bits per heavy atom. The van der Waals surface area contributed by atoms with E-state index in [-0.39, 0.29) is 16.4 Å². The van der Waals surface area contributed by atoms with Gasteiger partial charge >= 0.3 is 4.87 Å². The number of sulfonamides is 1. The summed E-state index contributed by atoms with van der Waals surface area (Å²) in [5.74, 6) is 0.673. The molecule has 0 amide bonds. The molecule has 1 unspecified atom stereocenters. The molecule has 4 rings (SSSR count). The maximum atomic E-state index is 12.9. The number of rotatable bonds is 8. The Hall–Kier alpha value is -2.65. The van der Waals surface area contributed by atoms with Gasteiger partial charge in [-0.1, -0.05) is 53.3 Å². The quantitative estimate of drug-likeness (QED) is 0.396. The molecule has 166 valence electrons. The van der Waals surface area contributed by atoms with Gasteiger partial charge in [0.2, 0.25) is 10.0 Å². The Morgan fingerprint density at radius 2 is 1.78 bits per heavy atom. The van der Waals surface area contributed by atoms with Crippen molar-refractivity contribution in [2.45, 2.75) is 24.4 Å². The molecule has 0 saturated carbocycles. The van der Waals surface area contributed by atoms with Crippen molar-refractivity contribution < 1.29 is 13.2 Å². The molecular weight excluding hydrogens is 468 g/mol. The summed E-state index contributed by atoms with van der Waals surface area (Å²) in [6.45, 7) is 2.31. The van der Waals surface area contributed by atoms with Crippen LogP contribution in [0.4, 0.5) is 0 Å². The number of ether oxygens (including phenoxy) is 1. The second kappa shape index (κ2) is 9.46. The van der Waals surface area contributed by atoms with Gasteiger partial charge in [0, 0.05) is 5.02 Å². The standard InChI is InChI=1S/C23H21ClN2O4S2/c1-16(15-30-19-5-3-2-4-6-19)25-32(28,29)20-11-12-21-22(13-20)31-23(27)26(21)14-17-7-9-18(24)10-8-17/h2-13,16,25H,14-15H2,1H3. The Kier molecular flexibility index (Phi) is 6.66. The van der Waals surface area contributed by atoms with Crippen LogP contribution < -0.4 is 14.3 Å². The molecule has 1 heterocycles. The van der Waals surface area contributed by atoms with Crippen LogP contribution in [-0.2, 0) is 16.6 Å². The van der Waals surface area contributed by atoms with Crippen molar-refractivity contribution in [3.8, 4) is 5.75 Å². The molecule has 6 nitrogen and oxygen atoms in total. The fraction of sp³-hybridized carbons (Fsp3) is 0.174. The fourth-order valence-corrected chi connectivity index (χ4v) is 5.63. The van der Waals surface area contributed by atoms with Gasteiger partial charge in [0.1, 0.15) is 12.4 Å². The maximum Gasteiger partial charge on any atom is 0.308 e. The molecular formula is C23H21ClN2O4S2. The van der Waals surface area contributed by atoms with Crippen LogP contribution in [0.3, 0.4) is 0 Å². The highest BCUT2D eigenvalue weighted by Gasteiger charge is 2.20. The summed E-state index contributed by atoms with van der Waals surface area (Å²) in [5.41, 5.74) is 1.62. The van der Waals surface area contributed by atoms with Crippen molar-refractivity contribution in [1.29, 1.82) is 0 Å². The van der Waals surface area contributed by atoms with Crippen LogP contribution >= 0.6 is 22.9 Å². The monoisotopic (exact) mass is 488 g/mol. The van der Waals surface area contributed by atoms with E-state index in [1.54, 1.807) is 29.7 Å². The fourth-order valence-electron chi connectivity index (χ4n) is 3.24. The topological polar surface area (TPSA) is 77.4 Å². The van der Waals surface area contributed by atoms with Crippen molar-refractivity contribution in [3.05, 3.63) is 93.0 Å². The van der Waals surface area contributed by atoms with Crippen LogP contribution in [-0.4, -0.2) is 25.6 Å². The third kappa shape index (κ3) is 5.21. The third-order valence-corrected chi connectivity index (χ3v) is 7.58. The average Bonchev–Trinajstić information content (AvgIpc) is 3.08. The van der Waals surface area contributed by atoms with E-state index in [1.165, 1.54) is 12.1 Å². The zero-order valence-corrected chi connectivity index (χ0v) is 19.6. The first-order valence-electron chi connectivity index (χ1n) is 9.90. The molecule has 3 aromatic carbocycles. The van der Waals surface area contributed by atoms with Crippen molar-refractivity contribution in [2.24, 2.45) is 0 Å². The lowest BCUT2D eigenvalue weighted by Crippen LogP contribution is -2.36. The highest BCUT2D eigenvalue weighted by Crippen LogP contribution is 2.23. The normalized spacial score (nSPS) is 12.7. The molecule has 0 spiro atoms. The van der Waals surface area contributed by atoms with Crippen LogP contribution in [0.1, 0.15) is 12.5 Å². The third-order valence-electron chi connectivity index (χ3n) is 4.80. The van der Waals surface area contributed by atoms with Gasteiger partial charge in [-0.25, -0.2) is 13.1 Å². The predicted molar refractivity (Wildman–Crippen MR) is 128 cm³/mol. The molecule has 0 bridgehead atoms. The summed E-state index contributed by atoms with van der Waals surface area (Å²) in [4.78, 5) is 12.5. The number of hydrogen-bond donors (Lipinski definition) is 1. The molecule has 0 aliphatic heterocycles. The first kappa shape index (κ1) is 22.5. The number of aromatic nitrogens is 1. The first-order valence-corrected chi connectivity index (χ1v) is 12.6. The van der Waals surface area contributed by atoms with Gasteiger partial charge in [-0.2, -0.15) is 0 Å². The zero-order valence-electron chi connectivity index (χ0n) is 17.2. The maximum absolute atomic E-state index is 12.9. The molecule has 0 saturated heterocycles. The minimum absolute atomic E-state index is 0.108. The lowest BCUT2D eigenvalue weighted by atomic mass is 10.2. The zero-order chi connectivity index (χ0) is 22.7. The van der Waals surface area contributed by atoms with Crippen molar-refractivity contribution in [3.63, 3.8) is 0 Å². The van der Waals surface area contributed by atoms with Gasteiger partial charge in [-0.05, 0) is 55.0 Å². The van der Waals surface area contributed by atoms with Gasteiger partial charge in [-0.15, -0.1) is 0 Å². The Bertz CT molecular complexity index is 1380. The summed E-state index contributed by atoms with van der Waals surface area (Å²) in [7, 11) is -3.77. The van der Waals surface area contributed by atoms with Gasteiger partial charge < -0.3 is 4.74 Å². The first-order chi connectivity index (χ1) is 15.3. The molecule has 0 aliphatic carbocycles. The van der Waals surface area contributed by atoms with E-state index in [1.807, 2.05) is 42.5 Å². The predicted octanol–water partition coefficient (Wildman–Crippen LogP) is 4.51. The molecule has 0 aliphatic rings. The number of halogens is 1. The van der Waals surface area contributed by atoms with Crippen LogP contribution in [0.15, 0.2) is 82.5 Å². The smallest absolute Gasteiger partial charge is 0.308 e. The lowest BCUT2D eigenvalue weighted by Gasteiger charge is -2.15. The van der Waals surface area contributed by atoms with Crippen molar-refractivity contribution in [2.75, 3.05) is 6.61 Å². The Balaban J connectivity index is 1.51. The van der Waals surface area contributed by atoms with E-state index in [9.17, 15) is 13.2 Å². The minimum atomic E-state index is -3.77. The van der Waals surface area contributed by atoms with Crippen LogP contribution in [0.5, 0.6) is 5.75 Å². The molecule has 9 heteroatoms. The number of nitrogens with zero attached hydrogens (tertiary/aromatic N) is 1. The number of nitrogens with one attached hydrogen (secondary N) is 1. The van der Waals surface area contributed by atoms with E-state index < -0.39 is 16.1 Å².